The quantitative estimate of drug-likeness (QED) is 0.786. The van der Waals surface area contributed by atoms with Gasteiger partial charge in [-0.1, -0.05) is 35.9 Å². The first-order chi connectivity index (χ1) is 12.7. The van der Waals surface area contributed by atoms with Crippen molar-refractivity contribution in [1.82, 2.24) is 19.9 Å². The Morgan fingerprint density at radius 2 is 2.15 bits per heavy atom. The Hall–Kier alpha value is -2.89. The van der Waals surface area contributed by atoms with Crippen molar-refractivity contribution in [1.29, 1.82) is 0 Å². The highest BCUT2D eigenvalue weighted by atomic mass is 16.1. The van der Waals surface area contributed by atoms with Gasteiger partial charge in [0.25, 0.3) is 0 Å². The van der Waals surface area contributed by atoms with Crippen LogP contribution in [0.3, 0.4) is 0 Å². The lowest BCUT2D eigenvalue weighted by atomic mass is 9.97. The minimum absolute atomic E-state index is 0.0235. The van der Waals surface area contributed by atoms with Gasteiger partial charge in [-0.05, 0) is 37.5 Å². The molecule has 26 heavy (non-hydrogen) atoms. The lowest BCUT2D eigenvalue weighted by Crippen LogP contribution is -2.43. The van der Waals surface area contributed by atoms with E-state index in [-0.39, 0.29) is 11.8 Å². The topological polar surface area (TPSA) is 62.5 Å². The second-order valence-corrected chi connectivity index (χ2v) is 6.92. The van der Waals surface area contributed by atoms with Gasteiger partial charge in [0.05, 0.1) is 5.92 Å². The molecule has 1 atom stereocenters. The van der Waals surface area contributed by atoms with E-state index in [9.17, 15) is 4.79 Å². The van der Waals surface area contributed by atoms with E-state index in [2.05, 4.69) is 39.5 Å². The first-order valence-electron chi connectivity index (χ1n) is 9.09. The molecule has 1 amide bonds. The van der Waals surface area contributed by atoms with Crippen LogP contribution in [-0.2, 0) is 11.3 Å². The highest BCUT2D eigenvalue weighted by Crippen LogP contribution is 2.22. The van der Waals surface area contributed by atoms with Gasteiger partial charge in [0.2, 0.25) is 11.9 Å². The Kier molecular flexibility index (Phi) is 4.56. The maximum Gasteiger partial charge on any atom is 0.231 e. The molecule has 6 nitrogen and oxygen atoms in total. The molecule has 4 rings (SSSR count). The highest BCUT2D eigenvalue weighted by molar-refractivity contribution is 5.79. The van der Waals surface area contributed by atoms with Crippen molar-refractivity contribution in [3.05, 3.63) is 59.8 Å². The number of aromatic nitrogens is 3. The number of aryl methyl sites for hydroxylation is 1. The number of amides is 1. The number of piperidine rings is 1. The summed E-state index contributed by atoms with van der Waals surface area (Å²) in [5.41, 5.74) is 3.17. The van der Waals surface area contributed by atoms with Crippen molar-refractivity contribution >= 4 is 17.5 Å². The Morgan fingerprint density at radius 1 is 1.23 bits per heavy atom. The van der Waals surface area contributed by atoms with E-state index in [0.29, 0.717) is 13.1 Å². The molecular weight excluding hydrogens is 326 g/mol. The van der Waals surface area contributed by atoms with Gasteiger partial charge in [0.15, 0.2) is 5.65 Å². The molecule has 3 heterocycles. The van der Waals surface area contributed by atoms with Crippen LogP contribution in [0.4, 0.5) is 5.95 Å². The Balaban J connectivity index is 1.42. The molecule has 1 fully saturated rings. The van der Waals surface area contributed by atoms with Crippen molar-refractivity contribution in [2.75, 3.05) is 18.0 Å². The Labute approximate surface area is 152 Å². The number of pyridine rings is 1. The van der Waals surface area contributed by atoms with Crippen LogP contribution in [0.5, 0.6) is 0 Å². The van der Waals surface area contributed by atoms with Crippen molar-refractivity contribution in [2.24, 2.45) is 5.92 Å². The summed E-state index contributed by atoms with van der Waals surface area (Å²) in [5, 5.41) is 11.6. The van der Waals surface area contributed by atoms with E-state index in [0.717, 1.165) is 36.5 Å². The Morgan fingerprint density at radius 3 is 3.04 bits per heavy atom. The highest BCUT2D eigenvalue weighted by Gasteiger charge is 2.27. The van der Waals surface area contributed by atoms with E-state index in [1.54, 1.807) is 0 Å². The summed E-state index contributed by atoms with van der Waals surface area (Å²) in [6.45, 7) is 4.21. The molecule has 134 valence electrons. The Bertz CT molecular complexity index is 919. The molecule has 3 aromatic rings. The molecule has 1 aromatic carbocycles. The van der Waals surface area contributed by atoms with Gasteiger partial charge in [0, 0.05) is 25.8 Å². The van der Waals surface area contributed by atoms with Gasteiger partial charge < -0.3 is 10.2 Å². The average molecular weight is 349 g/mol. The lowest BCUT2D eigenvalue weighted by Gasteiger charge is -2.32. The molecule has 0 spiro atoms. The molecule has 0 saturated carbocycles. The first-order valence-corrected chi connectivity index (χ1v) is 9.09. The average Bonchev–Trinajstić information content (AvgIpc) is 3.10. The van der Waals surface area contributed by atoms with Crippen molar-refractivity contribution in [3.63, 3.8) is 0 Å². The molecule has 1 unspecified atom stereocenters. The maximum absolute atomic E-state index is 12.7. The standard InChI is InChI=1S/C20H23N5O/c1-15-6-4-7-16(12-15)13-21-19(26)17-8-5-10-24(14-17)20-23-22-18-9-2-3-11-25(18)20/h2-4,6-7,9,11-12,17H,5,8,10,13-14H2,1H3,(H,21,26). The third kappa shape index (κ3) is 3.40. The minimum Gasteiger partial charge on any atom is -0.352 e. The SMILES string of the molecule is Cc1cccc(CNC(=O)C2CCCN(c3nnc4ccccn34)C2)c1. The van der Waals surface area contributed by atoms with E-state index in [1.165, 1.54) is 5.56 Å². The molecular formula is C20H23N5O. The third-order valence-corrected chi connectivity index (χ3v) is 4.92. The second kappa shape index (κ2) is 7.15. The van der Waals surface area contributed by atoms with Crippen molar-refractivity contribution in [2.45, 2.75) is 26.3 Å². The molecule has 2 aromatic heterocycles. The number of rotatable bonds is 4. The zero-order valence-corrected chi connectivity index (χ0v) is 14.9. The van der Waals surface area contributed by atoms with Crippen LogP contribution < -0.4 is 10.2 Å². The van der Waals surface area contributed by atoms with E-state index in [1.807, 2.05) is 40.9 Å². The summed E-state index contributed by atoms with van der Waals surface area (Å²) in [4.78, 5) is 14.8. The summed E-state index contributed by atoms with van der Waals surface area (Å²) in [5.74, 6) is 0.909. The summed E-state index contributed by atoms with van der Waals surface area (Å²) in [7, 11) is 0. The molecule has 1 aliphatic heterocycles. The van der Waals surface area contributed by atoms with Crippen LogP contribution in [0, 0.1) is 12.8 Å². The molecule has 1 N–H and O–H groups in total. The largest absolute Gasteiger partial charge is 0.352 e. The van der Waals surface area contributed by atoms with Crippen LogP contribution in [0.25, 0.3) is 5.65 Å². The molecule has 0 aliphatic carbocycles. The number of anilines is 1. The lowest BCUT2D eigenvalue weighted by molar-refractivity contribution is -0.125. The van der Waals surface area contributed by atoms with E-state index < -0.39 is 0 Å². The van der Waals surface area contributed by atoms with Gasteiger partial charge in [-0.2, -0.15) is 0 Å². The molecule has 1 aliphatic rings. The molecule has 0 radical (unpaired) electrons. The van der Waals surface area contributed by atoms with Crippen LogP contribution in [0.2, 0.25) is 0 Å². The number of hydrogen-bond acceptors (Lipinski definition) is 4. The van der Waals surface area contributed by atoms with Crippen molar-refractivity contribution < 1.29 is 4.79 Å². The fraction of sp³-hybridized carbons (Fsp3) is 0.350. The van der Waals surface area contributed by atoms with Gasteiger partial charge in [0.1, 0.15) is 0 Å². The monoisotopic (exact) mass is 349 g/mol. The van der Waals surface area contributed by atoms with Gasteiger partial charge in [-0.3, -0.25) is 9.20 Å². The predicted molar refractivity (Wildman–Crippen MR) is 101 cm³/mol. The molecule has 0 bridgehead atoms. The van der Waals surface area contributed by atoms with Gasteiger partial charge in [-0.15, -0.1) is 10.2 Å². The van der Waals surface area contributed by atoms with Crippen LogP contribution in [0.15, 0.2) is 48.7 Å². The van der Waals surface area contributed by atoms with Gasteiger partial charge in [-0.25, -0.2) is 0 Å². The van der Waals surface area contributed by atoms with Crippen LogP contribution >= 0.6 is 0 Å². The van der Waals surface area contributed by atoms with E-state index in [4.69, 9.17) is 0 Å². The van der Waals surface area contributed by atoms with Crippen molar-refractivity contribution in [3.8, 4) is 0 Å². The number of benzene rings is 1. The fourth-order valence-electron chi connectivity index (χ4n) is 3.57. The smallest absolute Gasteiger partial charge is 0.231 e. The zero-order chi connectivity index (χ0) is 17.9. The number of hydrogen-bond donors (Lipinski definition) is 1. The van der Waals surface area contributed by atoms with E-state index >= 15 is 0 Å². The number of fused-ring (bicyclic) bond motifs is 1. The van der Waals surface area contributed by atoms with Crippen LogP contribution in [0.1, 0.15) is 24.0 Å². The summed E-state index contributed by atoms with van der Waals surface area (Å²) in [6.07, 6.45) is 3.85. The fourth-order valence-corrected chi connectivity index (χ4v) is 3.57. The number of carbonyl (C=O) groups is 1. The number of nitrogens with one attached hydrogen (secondary N) is 1. The summed E-state index contributed by atoms with van der Waals surface area (Å²) >= 11 is 0. The third-order valence-electron chi connectivity index (χ3n) is 4.92. The predicted octanol–water partition coefficient (Wildman–Crippen LogP) is 2.57. The molecule has 1 saturated heterocycles. The second-order valence-electron chi connectivity index (χ2n) is 6.92. The zero-order valence-electron chi connectivity index (χ0n) is 14.9. The summed E-state index contributed by atoms with van der Waals surface area (Å²) in [6, 6.07) is 14.1. The maximum atomic E-state index is 12.7. The first kappa shape index (κ1) is 16.6. The summed E-state index contributed by atoms with van der Waals surface area (Å²) < 4.78 is 1.98. The number of carbonyl (C=O) groups excluding carboxylic acids is 1. The van der Waals surface area contributed by atoms with Gasteiger partial charge >= 0.3 is 0 Å². The molecule has 6 heteroatoms. The normalized spacial score (nSPS) is 17.4. The number of nitrogens with zero attached hydrogens (tertiary/aromatic N) is 4. The van der Waals surface area contributed by atoms with Crippen LogP contribution in [-0.4, -0.2) is 33.6 Å². The minimum atomic E-state index is -0.0235.